The predicted molar refractivity (Wildman–Crippen MR) is 86.9 cm³/mol. The molecule has 2 rings (SSSR count). The molecule has 0 bridgehead atoms. The predicted octanol–water partition coefficient (Wildman–Crippen LogP) is 2.49. The molecule has 0 radical (unpaired) electrons. The summed E-state index contributed by atoms with van der Waals surface area (Å²) in [5.74, 6) is 0.744. The first-order valence-corrected chi connectivity index (χ1v) is 8.01. The average molecular weight is 322 g/mol. The highest BCUT2D eigenvalue weighted by Crippen LogP contribution is 2.20. The van der Waals surface area contributed by atoms with Gasteiger partial charge in [-0.3, -0.25) is 0 Å². The fraction of sp³-hybridized carbons (Fsp3) is 0.467. The van der Waals surface area contributed by atoms with Gasteiger partial charge in [-0.05, 0) is 43.4 Å². The van der Waals surface area contributed by atoms with Crippen molar-refractivity contribution in [2.45, 2.75) is 19.5 Å². The monoisotopic (exact) mass is 322 g/mol. The Bertz CT molecular complexity index is 594. The van der Waals surface area contributed by atoms with Crippen LogP contribution < -0.4 is 5.32 Å². The number of carbonyl (C=O) groups is 1. The summed E-state index contributed by atoms with van der Waals surface area (Å²) in [4.78, 5) is 15.9. The number of amides is 2. The van der Waals surface area contributed by atoms with Gasteiger partial charge in [-0.1, -0.05) is 5.16 Å². The molecule has 120 valence electrons. The van der Waals surface area contributed by atoms with Crippen molar-refractivity contribution in [3.8, 4) is 0 Å². The molecule has 0 spiro atoms. The van der Waals surface area contributed by atoms with Gasteiger partial charge in [0.2, 0.25) is 0 Å². The zero-order chi connectivity index (χ0) is 16.1. The second-order valence-electron chi connectivity index (χ2n) is 5.51. The van der Waals surface area contributed by atoms with Gasteiger partial charge < -0.3 is 19.6 Å². The molecule has 22 heavy (non-hydrogen) atoms. The molecule has 2 aromatic heterocycles. The number of likely N-dealkylation sites (N-methyl/N-ethyl adjacent to an activating group) is 1. The number of nitrogens with one attached hydrogen (secondary N) is 1. The number of nitrogens with zero attached hydrogens (tertiary/aromatic N) is 3. The third kappa shape index (κ3) is 4.32. The minimum Gasteiger partial charge on any atom is -0.361 e. The lowest BCUT2D eigenvalue weighted by Crippen LogP contribution is -2.41. The summed E-state index contributed by atoms with van der Waals surface area (Å²) in [5.41, 5.74) is 1.96. The Kier molecular flexibility index (Phi) is 5.57. The van der Waals surface area contributed by atoms with E-state index in [1.165, 1.54) is 5.56 Å². The fourth-order valence-electron chi connectivity index (χ4n) is 2.19. The van der Waals surface area contributed by atoms with Gasteiger partial charge in [0.05, 0.1) is 12.6 Å². The van der Waals surface area contributed by atoms with Crippen molar-refractivity contribution < 1.29 is 9.32 Å². The van der Waals surface area contributed by atoms with E-state index in [0.717, 1.165) is 11.5 Å². The number of thiophene rings is 1. The fourth-order valence-corrected chi connectivity index (χ4v) is 2.90. The van der Waals surface area contributed by atoms with Gasteiger partial charge in [0.1, 0.15) is 11.5 Å². The number of aryl methyl sites for hydroxylation is 1. The molecule has 0 aliphatic carbocycles. The van der Waals surface area contributed by atoms with E-state index in [-0.39, 0.29) is 12.1 Å². The van der Waals surface area contributed by atoms with Crippen LogP contribution in [0.5, 0.6) is 0 Å². The second kappa shape index (κ2) is 7.42. The summed E-state index contributed by atoms with van der Waals surface area (Å²) < 4.78 is 5.01. The Balaban J connectivity index is 1.88. The third-order valence-electron chi connectivity index (χ3n) is 3.42. The summed E-state index contributed by atoms with van der Waals surface area (Å²) in [6.07, 6.45) is 0. The van der Waals surface area contributed by atoms with E-state index in [4.69, 9.17) is 4.52 Å². The van der Waals surface area contributed by atoms with Crippen molar-refractivity contribution >= 4 is 17.4 Å². The zero-order valence-electron chi connectivity index (χ0n) is 13.4. The van der Waals surface area contributed by atoms with Crippen molar-refractivity contribution in [3.63, 3.8) is 0 Å². The van der Waals surface area contributed by atoms with Gasteiger partial charge >= 0.3 is 6.03 Å². The highest BCUT2D eigenvalue weighted by atomic mass is 32.1. The van der Waals surface area contributed by atoms with Gasteiger partial charge in [-0.2, -0.15) is 11.3 Å². The minimum absolute atomic E-state index is 0.122. The highest BCUT2D eigenvalue weighted by molar-refractivity contribution is 7.07. The van der Waals surface area contributed by atoms with E-state index < -0.39 is 0 Å². The van der Waals surface area contributed by atoms with E-state index in [0.29, 0.717) is 13.1 Å². The molecule has 0 saturated carbocycles. The molecule has 1 unspecified atom stereocenters. The van der Waals surface area contributed by atoms with Crippen molar-refractivity contribution in [1.29, 1.82) is 0 Å². The minimum atomic E-state index is -0.122. The lowest BCUT2D eigenvalue weighted by molar-refractivity contribution is 0.199. The van der Waals surface area contributed by atoms with Crippen molar-refractivity contribution in [3.05, 3.63) is 39.9 Å². The molecule has 0 aromatic carbocycles. The lowest BCUT2D eigenvalue weighted by Gasteiger charge is -2.25. The van der Waals surface area contributed by atoms with Crippen LogP contribution in [0, 0.1) is 6.92 Å². The van der Waals surface area contributed by atoms with E-state index >= 15 is 0 Å². The topological polar surface area (TPSA) is 61.6 Å². The van der Waals surface area contributed by atoms with Crippen molar-refractivity contribution in [1.82, 2.24) is 20.3 Å². The van der Waals surface area contributed by atoms with Crippen LogP contribution in [0.3, 0.4) is 0 Å². The lowest BCUT2D eigenvalue weighted by atomic mass is 10.1. The maximum Gasteiger partial charge on any atom is 0.317 e. The van der Waals surface area contributed by atoms with Gasteiger partial charge in [0.15, 0.2) is 0 Å². The molecule has 2 heterocycles. The standard InChI is InChI=1S/C15H22N4O2S/c1-11-7-13(17-21-11)9-19(4)15(20)16-8-14(18(2)3)12-5-6-22-10-12/h5-7,10,14H,8-9H2,1-4H3,(H,16,20). The molecule has 0 aliphatic heterocycles. The summed E-state index contributed by atoms with van der Waals surface area (Å²) in [5, 5.41) is 11.0. The van der Waals surface area contributed by atoms with Gasteiger partial charge in [-0.15, -0.1) is 0 Å². The molecule has 0 fully saturated rings. The Morgan fingerprint density at radius 3 is 2.77 bits per heavy atom. The molecule has 0 aliphatic rings. The molecule has 2 amide bonds. The van der Waals surface area contributed by atoms with Crippen molar-refractivity contribution in [2.24, 2.45) is 0 Å². The van der Waals surface area contributed by atoms with Crippen molar-refractivity contribution in [2.75, 3.05) is 27.7 Å². The Morgan fingerprint density at radius 1 is 1.45 bits per heavy atom. The van der Waals surface area contributed by atoms with Crippen LogP contribution >= 0.6 is 11.3 Å². The summed E-state index contributed by atoms with van der Waals surface area (Å²) in [6.45, 7) is 2.82. The molecule has 1 atom stereocenters. The SMILES string of the molecule is Cc1cc(CN(C)C(=O)NCC(c2ccsc2)N(C)C)no1. The largest absolute Gasteiger partial charge is 0.361 e. The van der Waals surface area contributed by atoms with Gasteiger partial charge in [-0.25, -0.2) is 4.79 Å². The average Bonchev–Trinajstić information content (AvgIpc) is 3.10. The first-order chi connectivity index (χ1) is 10.5. The first kappa shape index (κ1) is 16.5. The van der Waals surface area contributed by atoms with Crippen LogP contribution in [-0.2, 0) is 6.54 Å². The molecule has 1 N–H and O–H groups in total. The maximum absolute atomic E-state index is 12.2. The third-order valence-corrected chi connectivity index (χ3v) is 4.12. The smallest absolute Gasteiger partial charge is 0.317 e. The zero-order valence-corrected chi connectivity index (χ0v) is 14.2. The highest BCUT2D eigenvalue weighted by Gasteiger charge is 2.17. The van der Waals surface area contributed by atoms with Gasteiger partial charge in [0.25, 0.3) is 0 Å². The maximum atomic E-state index is 12.2. The molecule has 7 heteroatoms. The van der Waals surface area contributed by atoms with Crippen LogP contribution in [0.15, 0.2) is 27.4 Å². The summed E-state index contributed by atoms with van der Waals surface area (Å²) >= 11 is 1.66. The number of carbonyl (C=O) groups excluding carboxylic acids is 1. The quantitative estimate of drug-likeness (QED) is 0.887. The number of urea groups is 1. The van der Waals surface area contributed by atoms with E-state index in [2.05, 4.69) is 26.8 Å². The van der Waals surface area contributed by atoms with Crippen LogP contribution in [0.2, 0.25) is 0 Å². The van der Waals surface area contributed by atoms with Crippen LogP contribution in [0.4, 0.5) is 4.79 Å². The van der Waals surface area contributed by atoms with Crippen LogP contribution in [0.1, 0.15) is 23.1 Å². The summed E-state index contributed by atoms with van der Waals surface area (Å²) in [6, 6.07) is 3.96. The van der Waals surface area contributed by atoms with Crippen LogP contribution in [-0.4, -0.2) is 48.7 Å². The number of hydrogen-bond acceptors (Lipinski definition) is 5. The van der Waals surface area contributed by atoms with E-state index in [1.807, 2.05) is 32.5 Å². The number of aromatic nitrogens is 1. The number of rotatable bonds is 6. The molecule has 0 saturated heterocycles. The molecule has 2 aromatic rings. The Hall–Kier alpha value is -1.86. The van der Waals surface area contributed by atoms with Crippen LogP contribution in [0.25, 0.3) is 0 Å². The summed E-state index contributed by atoms with van der Waals surface area (Å²) in [7, 11) is 5.77. The molecular formula is C15H22N4O2S. The number of hydrogen-bond donors (Lipinski definition) is 1. The van der Waals surface area contributed by atoms with E-state index in [1.54, 1.807) is 23.3 Å². The normalized spacial score (nSPS) is 12.4. The van der Waals surface area contributed by atoms with E-state index in [9.17, 15) is 4.79 Å². The Morgan fingerprint density at radius 2 is 2.23 bits per heavy atom. The molecule has 6 nitrogen and oxygen atoms in total. The Labute approximate surface area is 134 Å². The molecular weight excluding hydrogens is 300 g/mol. The van der Waals surface area contributed by atoms with Gasteiger partial charge in [0, 0.05) is 19.7 Å². The first-order valence-electron chi connectivity index (χ1n) is 7.07. The second-order valence-corrected chi connectivity index (χ2v) is 6.29.